The van der Waals surface area contributed by atoms with E-state index in [1.54, 1.807) is 12.1 Å². The Labute approximate surface area is 214 Å². The Bertz CT molecular complexity index is 1380. The fourth-order valence-electron chi connectivity index (χ4n) is 4.83. The molecule has 0 spiro atoms. The van der Waals surface area contributed by atoms with Gasteiger partial charge in [-0.15, -0.1) is 0 Å². The van der Waals surface area contributed by atoms with E-state index in [-0.39, 0.29) is 35.8 Å². The number of fused-ring (bicyclic) bond motifs is 1. The van der Waals surface area contributed by atoms with Gasteiger partial charge in [-0.2, -0.15) is 0 Å². The van der Waals surface area contributed by atoms with Gasteiger partial charge in [0, 0.05) is 23.2 Å². The molecule has 0 aliphatic heterocycles. The number of urea groups is 1. The lowest BCUT2D eigenvalue weighted by Gasteiger charge is -2.29. The second-order valence-electron chi connectivity index (χ2n) is 9.61. The molecule has 0 unspecified atom stereocenters. The number of nitrogens with zero attached hydrogens (tertiary/aromatic N) is 1. The highest BCUT2D eigenvalue weighted by Gasteiger charge is 2.28. The molecule has 4 aromatic rings. The number of aromatic nitrogens is 2. The molecule has 0 bridgehead atoms. The van der Waals surface area contributed by atoms with Crippen molar-refractivity contribution in [2.24, 2.45) is 5.92 Å². The van der Waals surface area contributed by atoms with Crippen molar-refractivity contribution in [2.75, 3.05) is 5.32 Å². The van der Waals surface area contributed by atoms with Crippen molar-refractivity contribution in [1.29, 1.82) is 0 Å². The highest BCUT2D eigenvalue weighted by atomic mass is 19.1. The molecule has 5 rings (SSSR count). The smallest absolute Gasteiger partial charge is 0.319 e. The Balaban J connectivity index is 1.10. The number of amides is 3. The number of carbonyl (C=O) groups excluding carboxylic acids is 2. The number of imidazole rings is 1. The summed E-state index contributed by atoms with van der Waals surface area (Å²) in [4.78, 5) is 33.3. The van der Waals surface area contributed by atoms with Gasteiger partial charge in [0.25, 0.3) is 0 Å². The summed E-state index contributed by atoms with van der Waals surface area (Å²) >= 11 is 0. The maximum Gasteiger partial charge on any atom is 0.319 e. The molecule has 1 aliphatic carbocycles. The third kappa shape index (κ3) is 5.97. The minimum Gasteiger partial charge on any atom is -0.349 e. The number of carbonyl (C=O) groups is 2. The lowest BCUT2D eigenvalue weighted by Crippen LogP contribution is -2.42. The predicted molar refractivity (Wildman–Crippen MR) is 142 cm³/mol. The van der Waals surface area contributed by atoms with Crippen molar-refractivity contribution < 1.29 is 14.0 Å². The van der Waals surface area contributed by atoms with Crippen LogP contribution in [0, 0.1) is 11.7 Å². The van der Waals surface area contributed by atoms with Gasteiger partial charge in [-0.1, -0.05) is 42.5 Å². The average Bonchev–Trinajstić information content (AvgIpc) is 3.33. The second-order valence-corrected chi connectivity index (χ2v) is 9.61. The summed E-state index contributed by atoms with van der Waals surface area (Å²) in [5.41, 5.74) is 4.21. The highest BCUT2D eigenvalue weighted by Crippen LogP contribution is 2.26. The lowest BCUT2D eigenvalue weighted by atomic mass is 9.85. The molecule has 7 nitrogen and oxygen atoms in total. The molecular weight excluding hydrogens is 469 g/mol. The number of rotatable bonds is 6. The van der Waals surface area contributed by atoms with Gasteiger partial charge in [-0.05, 0) is 68.5 Å². The van der Waals surface area contributed by atoms with Gasteiger partial charge in [0.05, 0.1) is 17.1 Å². The number of hydrogen-bond donors (Lipinski definition) is 4. The number of halogens is 1. The van der Waals surface area contributed by atoms with Gasteiger partial charge in [0.15, 0.2) is 0 Å². The Kier molecular flexibility index (Phi) is 7.16. The van der Waals surface area contributed by atoms with E-state index in [0.29, 0.717) is 18.5 Å². The molecule has 1 atom stereocenters. The van der Waals surface area contributed by atoms with Crippen LogP contribution < -0.4 is 16.0 Å². The van der Waals surface area contributed by atoms with Crippen LogP contribution in [0.1, 0.15) is 44.2 Å². The van der Waals surface area contributed by atoms with Gasteiger partial charge < -0.3 is 20.9 Å². The van der Waals surface area contributed by atoms with E-state index < -0.39 is 0 Å². The molecule has 1 aromatic heterocycles. The first-order valence-corrected chi connectivity index (χ1v) is 12.6. The van der Waals surface area contributed by atoms with Crippen molar-refractivity contribution in [3.63, 3.8) is 0 Å². The van der Waals surface area contributed by atoms with Crippen LogP contribution >= 0.6 is 0 Å². The first kappa shape index (κ1) is 24.5. The van der Waals surface area contributed by atoms with Crippen LogP contribution in [0.2, 0.25) is 0 Å². The van der Waals surface area contributed by atoms with Crippen molar-refractivity contribution in [1.82, 2.24) is 20.6 Å². The van der Waals surface area contributed by atoms with Crippen LogP contribution in [0.5, 0.6) is 0 Å². The second kappa shape index (κ2) is 10.8. The summed E-state index contributed by atoms with van der Waals surface area (Å²) in [5, 5.41) is 8.97. The van der Waals surface area contributed by atoms with Crippen molar-refractivity contribution in [3.8, 4) is 11.4 Å². The molecule has 3 aromatic carbocycles. The van der Waals surface area contributed by atoms with Gasteiger partial charge in [-0.3, -0.25) is 4.79 Å². The van der Waals surface area contributed by atoms with Crippen LogP contribution in [0.4, 0.5) is 14.9 Å². The van der Waals surface area contributed by atoms with Crippen molar-refractivity contribution >= 4 is 28.7 Å². The summed E-state index contributed by atoms with van der Waals surface area (Å²) in [5.74, 6) is 0.396. The lowest BCUT2D eigenvalue weighted by molar-refractivity contribution is -0.126. The topological polar surface area (TPSA) is 98.9 Å². The molecule has 190 valence electrons. The molecule has 1 heterocycles. The maximum absolute atomic E-state index is 13.1. The summed E-state index contributed by atoms with van der Waals surface area (Å²) in [7, 11) is 0. The Morgan fingerprint density at radius 1 is 0.973 bits per heavy atom. The summed E-state index contributed by atoms with van der Waals surface area (Å²) in [6.45, 7) is 1.89. The third-order valence-corrected chi connectivity index (χ3v) is 6.95. The molecule has 4 N–H and O–H groups in total. The number of aromatic amines is 1. The Morgan fingerprint density at radius 2 is 1.70 bits per heavy atom. The van der Waals surface area contributed by atoms with Gasteiger partial charge in [0.2, 0.25) is 5.91 Å². The Morgan fingerprint density at radius 3 is 2.43 bits per heavy atom. The SMILES string of the molecule is C[C@@H](NC(=O)[C@H]1CC[C@H](NC(=O)Nc2ccc3[nH]c(-c4ccccc4)nc3c2)CC1)c1ccc(F)cc1. The van der Waals surface area contributed by atoms with Crippen molar-refractivity contribution in [3.05, 3.63) is 84.2 Å². The van der Waals surface area contributed by atoms with E-state index in [9.17, 15) is 14.0 Å². The number of hydrogen-bond acceptors (Lipinski definition) is 3. The molecule has 1 aliphatic rings. The van der Waals surface area contributed by atoms with Gasteiger partial charge in [-0.25, -0.2) is 14.2 Å². The summed E-state index contributed by atoms with van der Waals surface area (Å²) < 4.78 is 13.1. The van der Waals surface area contributed by atoms with E-state index in [0.717, 1.165) is 40.8 Å². The largest absolute Gasteiger partial charge is 0.349 e. The van der Waals surface area contributed by atoms with E-state index in [1.807, 2.05) is 55.5 Å². The molecule has 8 heteroatoms. The molecule has 37 heavy (non-hydrogen) atoms. The number of anilines is 1. The van der Waals surface area contributed by atoms with Crippen LogP contribution in [0.3, 0.4) is 0 Å². The highest BCUT2D eigenvalue weighted by molar-refractivity contribution is 5.92. The zero-order chi connectivity index (χ0) is 25.8. The van der Waals surface area contributed by atoms with Crippen LogP contribution in [-0.2, 0) is 4.79 Å². The molecule has 3 amide bonds. The fraction of sp³-hybridized carbons (Fsp3) is 0.276. The monoisotopic (exact) mass is 499 g/mol. The summed E-state index contributed by atoms with van der Waals surface area (Å²) in [6.07, 6.45) is 2.87. The van der Waals surface area contributed by atoms with Crippen molar-refractivity contribution in [2.45, 2.75) is 44.7 Å². The van der Waals surface area contributed by atoms with Crippen LogP contribution in [0.25, 0.3) is 22.4 Å². The predicted octanol–water partition coefficient (Wildman–Crippen LogP) is 5.93. The number of H-pyrrole nitrogens is 1. The quantitative estimate of drug-likeness (QED) is 0.265. The van der Waals surface area contributed by atoms with Gasteiger partial charge >= 0.3 is 6.03 Å². The van der Waals surface area contributed by atoms with E-state index in [1.165, 1.54) is 12.1 Å². The fourth-order valence-corrected chi connectivity index (χ4v) is 4.83. The molecule has 1 fully saturated rings. The Hall–Kier alpha value is -4.20. The number of benzene rings is 3. The minimum absolute atomic E-state index is 0.00176. The average molecular weight is 500 g/mol. The molecule has 0 radical (unpaired) electrons. The zero-order valence-electron chi connectivity index (χ0n) is 20.6. The molecule has 1 saturated carbocycles. The van der Waals surface area contributed by atoms with Crippen LogP contribution in [0.15, 0.2) is 72.8 Å². The normalized spacial score (nSPS) is 18.2. The minimum atomic E-state index is -0.295. The van der Waals surface area contributed by atoms with E-state index >= 15 is 0 Å². The first-order valence-electron chi connectivity index (χ1n) is 12.6. The third-order valence-electron chi connectivity index (χ3n) is 6.95. The molecule has 0 saturated heterocycles. The first-order chi connectivity index (χ1) is 17.9. The standard InChI is InChI=1S/C29H30FN5O2/c1-18(19-7-11-22(30)12-8-19)31-28(36)21-9-13-23(14-10-21)32-29(37)33-24-15-16-25-26(17-24)35-27(34-25)20-5-3-2-4-6-20/h2-8,11-12,15-18,21,23H,9-10,13-14H2,1H3,(H,31,36)(H,34,35)(H2,32,33,37)/t18-,21-,23-/m1/s1. The van der Waals surface area contributed by atoms with E-state index in [4.69, 9.17) is 0 Å². The maximum atomic E-state index is 13.1. The van der Waals surface area contributed by atoms with Gasteiger partial charge in [0.1, 0.15) is 11.6 Å². The summed E-state index contributed by atoms with van der Waals surface area (Å²) in [6, 6.07) is 21.2. The molecular formula is C29H30FN5O2. The van der Waals surface area contributed by atoms with Crippen LogP contribution in [-0.4, -0.2) is 27.9 Å². The van der Waals surface area contributed by atoms with E-state index in [2.05, 4.69) is 25.9 Å². The number of nitrogens with one attached hydrogen (secondary N) is 4. The zero-order valence-corrected chi connectivity index (χ0v) is 20.6.